The van der Waals surface area contributed by atoms with Crippen molar-refractivity contribution in [3.8, 4) is 6.07 Å². The smallest absolute Gasteiger partial charge is 0.237 e. The molecule has 7 heteroatoms. The van der Waals surface area contributed by atoms with Crippen LogP contribution in [-0.2, 0) is 14.3 Å². The van der Waals surface area contributed by atoms with Gasteiger partial charge in [-0.05, 0) is 0 Å². The molecule has 0 radical (unpaired) electrons. The minimum absolute atomic E-state index is 0.124. The molecule has 1 unspecified atom stereocenters. The summed E-state index contributed by atoms with van der Waals surface area (Å²) in [6.45, 7) is 1.73. The van der Waals surface area contributed by atoms with Gasteiger partial charge in [-0.15, -0.1) is 0 Å². The molecule has 1 aliphatic rings. The number of hydrogen-bond acceptors (Lipinski definition) is 5. The molecule has 2 amide bonds. The number of primary amides is 1. The van der Waals surface area contributed by atoms with Crippen molar-refractivity contribution in [2.45, 2.75) is 12.5 Å². The van der Waals surface area contributed by atoms with E-state index in [1.54, 1.807) is 11.9 Å². The lowest BCUT2D eigenvalue weighted by molar-refractivity contribution is -0.137. The number of carbonyl (C=O) groups excluding carboxylic acids is 2. The van der Waals surface area contributed by atoms with Gasteiger partial charge in [0.1, 0.15) is 6.04 Å². The van der Waals surface area contributed by atoms with Crippen molar-refractivity contribution in [2.75, 3.05) is 39.9 Å². The molecule has 0 aromatic rings. The summed E-state index contributed by atoms with van der Waals surface area (Å²) in [5, 5.41) is 8.46. The van der Waals surface area contributed by atoms with E-state index in [4.69, 9.17) is 15.7 Å². The Morgan fingerprint density at radius 2 is 2.33 bits per heavy atom. The number of carbonyl (C=O) groups is 2. The molecule has 7 nitrogen and oxygen atoms in total. The second kappa shape index (κ2) is 6.93. The number of nitriles is 1. The van der Waals surface area contributed by atoms with Crippen molar-refractivity contribution >= 4 is 11.8 Å². The minimum atomic E-state index is -0.549. The number of ether oxygens (including phenoxy) is 1. The largest absolute Gasteiger partial charge is 0.378 e. The molecule has 0 spiro atoms. The summed E-state index contributed by atoms with van der Waals surface area (Å²) in [4.78, 5) is 26.3. The van der Waals surface area contributed by atoms with Crippen LogP contribution in [0.5, 0.6) is 0 Å². The van der Waals surface area contributed by atoms with Crippen LogP contribution in [-0.4, -0.2) is 67.6 Å². The third-order valence-electron chi connectivity index (χ3n) is 2.89. The first-order valence-electron chi connectivity index (χ1n) is 5.78. The summed E-state index contributed by atoms with van der Waals surface area (Å²) in [5.41, 5.74) is 5.26. The molecule has 1 rings (SSSR count). The van der Waals surface area contributed by atoms with E-state index in [0.717, 1.165) is 0 Å². The van der Waals surface area contributed by atoms with Gasteiger partial charge in [0.05, 0.1) is 32.2 Å². The van der Waals surface area contributed by atoms with Gasteiger partial charge in [0, 0.05) is 20.1 Å². The number of nitrogens with two attached hydrogens (primary N) is 1. The van der Waals surface area contributed by atoms with Gasteiger partial charge in [-0.1, -0.05) is 0 Å². The average molecular weight is 254 g/mol. The first-order chi connectivity index (χ1) is 8.56. The van der Waals surface area contributed by atoms with Crippen molar-refractivity contribution in [2.24, 2.45) is 5.73 Å². The highest BCUT2D eigenvalue weighted by Gasteiger charge is 2.29. The van der Waals surface area contributed by atoms with Crippen molar-refractivity contribution < 1.29 is 14.3 Å². The van der Waals surface area contributed by atoms with Crippen molar-refractivity contribution in [1.82, 2.24) is 9.80 Å². The van der Waals surface area contributed by atoms with Crippen LogP contribution in [0.25, 0.3) is 0 Å². The van der Waals surface area contributed by atoms with Gasteiger partial charge in [-0.25, -0.2) is 0 Å². The molecule has 100 valence electrons. The maximum Gasteiger partial charge on any atom is 0.237 e. The lowest BCUT2D eigenvalue weighted by Gasteiger charge is -2.33. The van der Waals surface area contributed by atoms with E-state index in [1.807, 2.05) is 6.07 Å². The van der Waals surface area contributed by atoms with Crippen LogP contribution in [0.3, 0.4) is 0 Å². The van der Waals surface area contributed by atoms with E-state index in [1.165, 1.54) is 4.90 Å². The van der Waals surface area contributed by atoms with Gasteiger partial charge in [0.15, 0.2) is 0 Å². The molecule has 1 fully saturated rings. The Balaban J connectivity index is 2.51. The first kappa shape index (κ1) is 14.4. The molecule has 18 heavy (non-hydrogen) atoms. The first-order valence-corrected chi connectivity index (χ1v) is 5.78. The maximum absolute atomic E-state index is 11.9. The van der Waals surface area contributed by atoms with Gasteiger partial charge in [-0.3, -0.25) is 14.5 Å². The molecule has 2 N–H and O–H groups in total. The van der Waals surface area contributed by atoms with Gasteiger partial charge in [0.2, 0.25) is 11.8 Å². The SMILES string of the molecule is CN(CCC#N)C(=O)CN1CCOCC1C(N)=O. The van der Waals surface area contributed by atoms with Crippen LogP contribution in [0.15, 0.2) is 0 Å². The van der Waals surface area contributed by atoms with Crippen LogP contribution in [0.1, 0.15) is 6.42 Å². The third-order valence-corrected chi connectivity index (χ3v) is 2.89. The highest BCUT2D eigenvalue weighted by Crippen LogP contribution is 2.06. The Kier molecular flexibility index (Phi) is 5.55. The van der Waals surface area contributed by atoms with Gasteiger partial charge in [-0.2, -0.15) is 5.26 Å². The van der Waals surface area contributed by atoms with E-state index in [2.05, 4.69) is 0 Å². The monoisotopic (exact) mass is 254 g/mol. The molecule has 0 aliphatic carbocycles. The fourth-order valence-corrected chi connectivity index (χ4v) is 1.73. The Bertz CT molecular complexity index is 353. The van der Waals surface area contributed by atoms with E-state index >= 15 is 0 Å². The third kappa shape index (κ3) is 3.98. The van der Waals surface area contributed by atoms with Crippen LogP contribution in [0.2, 0.25) is 0 Å². The van der Waals surface area contributed by atoms with Gasteiger partial charge < -0.3 is 15.4 Å². The number of hydrogen-bond donors (Lipinski definition) is 1. The number of likely N-dealkylation sites (N-methyl/N-ethyl adjacent to an activating group) is 1. The fourth-order valence-electron chi connectivity index (χ4n) is 1.73. The molecule has 1 atom stereocenters. The van der Waals surface area contributed by atoms with E-state index < -0.39 is 11.9 Å². The molecule has 0 aromatic carbocycles. The van der Waals surface area contributed by atoms with Crippen molar-refractivity contribution in [1.29, 1.82) is 5.26 Å². The summed E-state index contributed by atoms with van der Waals surface area (Å²) < 4.78 is 5.17. The Hall–Kier alpha value is -1.65. The predicted octanol–water partition coefficient (Wildman–Crippen LogP) is -1.46. The van der Waals surface area contributed by atoms with E-state index in [0.29, 0.717) is 26.1 Å². The van der Waals surface area contributed by atoms with Crippen molar-refractivity contribution in [3.63, 3.8) is 0 Å². The van der Waals surface area contributed by atoms with Crippen LogP contribution in [0, 0.1) is 11.3 Å². The second-order valence-electron chi connectivity index (χ2n) is 4.19. The highest BCUT2D eigenvalue weighted by atomic mass is 16.5. The van der Waals surface area contributed by atoms with Gasteiger partial charge >= 0.3 is 0 Å². The molecular weight excluding hydrogens is 236 g/mol. The number of amides is 2. The summed E-state index contributed by atoms with van der Waals surface area (Å²) in [6, 6.07) is 1.43. The average Bonchev–Trinajstić information content (AvgIpc) is 2.36. The molecular formula is C11H18N4O3. The maximum atomic E-state index is 11.9. The number of nitrogens with zero attached hydrogens (tertiary/aromatic N) is 3. The van der Waals surface area contributed by atoms with Crippen LogP contribution in [0.4, 0.5) is 0 Å². The highest BCUT2D eigenvalue weighted by molar-refractivity contribution is 5.82. The molecule has 1 saturated heterocycles. The summed E-state index contributed by atoms with van der Waals surface area (Å²) in [5.74, 6) is -0.611. The van der Waals surface area contributed by atoms with E-state index in [9.17, 15) is 9.59 Å². The quantitative estimate of drug-likeness (QED) is 0.646. The Morgan fingerprint density at radius 3 is 2.94 bits per heavy atom. The molecule has 0 bridgehead atoms. The summed E-state index contributed by atoms with van der Waals surface area (Å²) in [7, 11) is 1.64. The fraction of sp³-hybridized carbons (Fsp3) is 0.727. The van der Waals surface area contributed by atoms with Crippen LogP contribution < -0.4 is 5.73 Å². The predicted molar refractivity (Wildman–Crippen MR) is 63.2 cm³/mol. The molecule has 1 aliphatic heterocycles. The summed E-state index contributed by atoms with van der Waals surface area (Å²) in [6.07, 6.45) is 0.296. The standard InChI is InChI=1S/C11H18N4O3/c1-14(4-2-3-12)10(16)7-15-5-6-18-8-9(15)11(13)17/h9H,2,4-8H2,1H3,(H2,13,17). The van der Waals surface area contributed by atoms with Crippen LogP contribution >= 0.6 is 0 Å². The topological polar surface area (TPSA) is 99.7 Å². The Labute approximate surface area is 106 Å². The van der Waals surface area contributed by atoms with Gasteiger partial charge in [0.25, 0.3) is 0 Å². The molecule has 0 aromatic heterocycles. The normalized spacial score (nSPS) is 20.1. The van der Waals surface area contributed by atoms with Crippen molar-refractivity contribution in [3.05, 3.63) is 0 Å². The number of rotatable bonds is 5. The zero-order valence-electron chi connectivity index (χ0n) is 10.5. The molecule has 1 heterocycles. The molecule has 0 saturated carbocycles. The lowest BCUT2D eigenvalue weighted by Crippen LogP contribution is -2.55. The second-order valence-corrected chi connectivity index (χ2v) is 4.19. The number of morpholine rings is 1. The van der Waals surface area contributed by atoms with E-state index in [-0.39, 0.29) is 19.1 Å². The lowest BCUT2D eigenvalue weighted by atomic mass is 10.2. The summed E-state index contributed by atoms with van der Waals surface area (Å²) >= 11 is 0. The Morgan fingerprint density at radius 1 is 1.61 bits per heavy atom. The zero-order valence-corrected chi connectivity index (χ0v) is 10.5. The minimum Gasteiger partial charge on any atom is -0.378 e. The zero-order chi connectivity index (χ0) is 13.5.